The van der Waals surface area contributed by atoms with Crippen LogP contribution in [0.3, 0.4) is 0 Å². The quantitative estimate of drug-likeness (QED) is 0.634. The van der Waals surface area contributed by atoms with Crippen LogP contribution in [0.2, 0.25) is 0 Å². The van der Waals surface area contributed by atoms with Gasteiger partial charge >= 0.3 is 0 Å². The lowest BCUT2D eigenvalue weighted by molar-refractivity contribution is 0.212. The van der Waals surface area contributed by atoms with Crippen molar-refractivity contribution in [1.82, 2.24) is 4.72 Å². The van der Waals surface area contributed by atoms with E-state index in [9.17, 15) is 8.42 Å². The van der Waals surface area contributed by atoms with Crippen molar-refractivity contribution in [2.45, 2.75) is 31.6 Å². The van der Waals surface area contributed by atoms with Gasteiger partial charge in [0, 0.05) is 13.0 Å². The molecule has 1 N–H and O–H groups in total. The van der Waals surface area contributed by atoms with Crippen molar-refractivity contribution in [3.63, 3.8) is 0 Å². The molecule has 0 saturated carbocycles. The number of aryl methyl sites for hydroxylation is 1. The number of rotatable bonds is 6. The molecule has 1 aliphatic rings. The number of allylic oxidation sites excluding steroid dienone is 2. The molecular weight excluding hydrogens is 324 g/mol. The highest BCUT2D eigenvalue weighted by Crippen LogP contribution is 2.27. The second kappa shape index (κ2) is 7.77. The third-order valence-electron chi connectivity index (χ3n) is 4.14. The molecule has 1 atom stereocenters. The van der Waals surface area contributed by atoms with Crippen LogP contribution in [0.5, 0.6) is 0 Å². The van der Waals surface area contributed by atoms with Gasteiger partial charge in [0.2, 0.25) is 10.0 Å². The Hall–Kier alpha value is -1.92. The molecular formula is C18H24N2O3S. The predicted molar refractivity (Wildman–Crippen MR) is 96.4 cm³/mol. The van der Waals surface area contributed by atoms with Gasteiger partial charge in [-0.15, -0.1) is 0 Å². The van der Waals surface area contributed by atoms with Crippen molar-refractivity contribution >= 4 is 15.7 Å². The summed E-state index contributed by atoms with van der Waals surface area (Å²) in [5.41, 5.74) is 3.73. The lowest BCUT2D eigenvalue weighted by Gasteiger charge is -2.23. The average Bonchev–Trinajstić information content (AvgIpc) is 2.54. The third kappa shape index (κ3) is 4.55. The van der Waals surface area contributed by atoms with Crippen LogP contribution in [-0.2, 0) is 14.9 Å². The molecule has 1 unspecified atom stereocenters. The van der Waals surface area contributed by atoms with Crippen LogP contribution in [0, 0.1) is 12.8 Å². The van der Waals surface area contributed by atoms with E-state index in [2.05, 4.69) is 16.5 Å². The van der Waals surface area contributed by atoms with Crippen molar-refractivity contribution in [3.05, 3.63) is 53.6 Å². The number of hydrogen-bond acceptors (Lipinski definition) is 4. The van der Waals surface area contributed by atoms with E-state index >= 15 is 0 Å². The standard InChI is InChI=1S/C18H24N2O3S/c1-13(2)15-7-8-16(18(11-15)20-23-4)12-19-24(21,22)17-9-5-14(3)6-10-17/h5-6,8-10,15,19H,1,7,11-12H2,2-4H3/b20-18+. The lowest BCUT2D eigenvalue weighted by atomic mass is 9.84. The van der Waals surface area contributed by atoms with Crippen LogP contribution in [0.4, 0.5) is 0 Å². The van der Waals surface area contributed by atoms with Crippen molar-refractivity contribution in [2.75, 3.05) is 13.7 Å². The first-order chi connectivity index (χ1) is 11.3. The lowest BCUT2D eigenvalue weighted by Crippen LogP contribution is -2.30. The molecule has 0 radical (unpaired) electrons. The van der Waals surface area contributed by atoms with E-state index in [1.807, 2.05) is 19.9 Å². The van der Waals surface area contributed by atoms with Crippen molar-refractivity contribution in [1.29, 1.82) is 0 Å². The molecule has 0 aromatic heterocycles. The maximum absolute atomic E-state index is 12.4. The van der Waals surface area contributed by atoms with Crippen LogP contribution in [0.25, 0.3) is 0 Å². The van der Waals surface area contributed by atoms with Gasteiger partial charge in [-0.3, -0.25) is 0 Å². The molecule has 6 heteroatoms. The largest absolute Gasteiger partial charge is 0.399 e. The maximum Gasteiger partial charge on any atom is 0.240 e. The Labute approximate surface area is 144 Å². The van der Waals surface area contributed by atoms with Crippen molar-refractivity contribution < 1.29 is 13.3 Å². The maximum atomic E-state index is 12.4. The molecule has 0 amide bonds. The zero-order chi connectivity index (χ0) is 17.7. The molecule has 5 nitrogen and oxygen atoms in total. The molecule has 0 fully saturated rings. The second-order valence-corrected chi connectivity index (χ2v) is 7.84. The summed E-state index contributed by atoms with van der Waals surface area (Å²) in [6.45, 7) is 8.10. The van der Waals surface area contributed by atoms with E-state index in [1.54, 1.807) is 24.3 Å². The molecule has 0 bridgehead atoms. The number of nitrogens with zero attached hydrogens (tertiary/aromatic N) is 1. The van der Waals surface area contributed by atoms with Gasteiger partial charge in [-0.25, -0.2) is 13.1 Å². The monoisotopic (exact) mass is 348 g/mol. The van der Waals surface area contributed by atoms with Crippen LogP contribution in [0.15, 0.2) is 58.1 Å². The number of benzene rings is 1. The van der Waals surface area contributed by atoms with Crippen LogP contribution in [-0.4, -0.2) is 27.8 Å². The van der Waals surface area contributed by atoms with Gasteiger partial charge < -0.3 is 4.84 Å². The first-order valence-electron chi connectivity index (χ1n) is 7.84. The Kier molecular flexibility index (Phi) is 5.96. The van der Waals surface area contributed by atoms with E-state index in [0.29, 0.717) is 12.3 Å². The highest BCUT2D eigenvalue weighted by molar-refractivity contribution is 7.89. The summed E-state index contributed by atoms with van der Waals surface area (Å²) in [7, 11) is -2.06. The average molecular weight is 348 g/mol. The Morgan fingerprint density at radius 1 is 1.38 bits per heavy atom. The number of sulfonamides is 1. The molecule has 2 rings (SSSR count). The van der Waals surface area contributed by atoms with Gasteiger partial charge in [0.25, 0.3) is 0 Å². The summed E-state index contributed by atoms with van der Waals surface area (Å²) in [6, 6.07) is 6.77. The molecule has 1 aromatic rings. The minimum atomic E-state index is -3.55. The zero-order valence-corrected chi connectivity index (χ0v) is 15.2. The normalized spacial score (nSPS) is 19.9. The fraction of sp³-hybridized carbons (Fsp3) is 0.389. The van der Waals surface area contributed by atoms with Crippen LogP contribution >= 0.6 is 0 Å². The summed E-state index contributed by atoms with van der Waals surface area (Å²) in [5, 5.41) is 4.06. The zero-order valence-electron chi connectivity index (χ0n) is 14.4. The molecule has 130 valence electrons. The molecule has 0 saturated heterocycles. The second-order valence-electron chi connectivity index (χ2n) is 6.07. The molecule has 24 heavy (non-hydrogen) atoms. The molecule has 0 aliphatic heterocycles. The summed E-state index contributed by atoms with van der Waals surface area (Å²) in [5.74, 6) is 0.316. The Morgan fingerprint density at radius 2 is 2.04 bits per heavy atom. The van der Waals surface area contributed by atoms with Gasteiger partial charge in [0.05, 0.1) is 10.6 Å². The Morgan fingerprint density at radius 3 is 2.62 bits per heavy atom. The Balaban J connectivity index is 2.13. The fourth-order valence-electron chi connectivity index (χ4n) is 2.58. The molecule has 0 heterocycles. The molecule has 1 aromatic carbocycles. The van der Waals surface area contributed by atoms with E-state index in [4.69, 9.17) is 4.84 Å². The minimum Gasteiger partial charge on any atom is -0.399 e. The van der Waals surface area contributed by atoms with Gasteiger partial charge in [-0.2, -0.15) is 0 Å². The summed E-state index contributed by atoms with van der Waals surface area (Å²) in [6.07, 6.45) is 3.55. The summed E-state index contributed by atoms with van der Waals surface area (Å²) >= 11 is 0. The third-order valence-corrected chi connectivity index (χ3v) is 5.56. The fourth-order valence-corrected chi connectivity index (χ4v) is 3.59. The number of hydrogen-bond donors (Lipinski definition) is 1. The van der Waals surface area contributed by atoms with Gasteiger partial charge in [0.1, 0.15) is 7.11 Å². The van der Waals surface area contributed by atoms with E-state index in [1.165, 1.54) is 7.11 Å². The summed E-state index contributed by atoms with van der Waals surface area (Å²) < 4.78 is 27.4. The van der Waals surface area contributed by atoms with Crippen molar-refractivity contribution in [3.8, 4) is 0 Å². The van der Waals surface area contributed by atoms with Crippen LogP contribution < -0.4 is 4.72 Å². The highest BCUT2D eigenvalue weighted by atomic mass is 32.2. The Bertz CT molecular complexity index is 762. The van der Waals surface area contributed by atoms with Gasteiger partial charge in [-0.1, -0.05) is 41.1 Å². The predicted octanol–water partition coefficient (Wildman–Crippen LogP) is 3.19. The highest BCUT2D eigenvalue weighted by Gasteiger charge is 2.23. The summed E-state index contributed by atoms with van der Waals surface area (Å²) in [4.78, 5) is 5.17. The van der Waals surface area contributed by atoms with E-state index < -0.39 is 10.0 Å². The topological polar surface area (TPSA) is 67.8 Å². The minimum absolute atomic E-state index is 0.196. The van der Waals surface area contributed by atoms with Gasteiger partial charge in [-0.05, 0) is 43.9 Å². The number of nitrogens with one attached hydrogen (secondary N) is 1. The van der Waals surface area contributed by atoms with E-state index in [-0.39, 0.29) is 11.4 Å². The molecule has 1 aliphatic carbocycles. The molecule has 0 spiro atoms. The smallest absolute Gasteiger partial charge is 0.240 e. The van der Waals surface area contributed by atoms with Crippen LogP contribution in [0.1, 0.15) is 25.3 Å². The van der Waals surface area contributed by atoms with Gasteiger partial charge in [0.15, 0.2) is 0 Å². The van der Waals surface area contributed by atoms with Crippen molar-refractivity contribution in [2.24, 2.45) is 11.1 Å². The number of oxime groups is 1. The van der Waals surface area contributed by atoms with E-state index in [0.717, 1.165) is 28.8 Å². The SMILES string of the molecule is C=C(C)C1CC=C(CNS(=O)(=O)c2ccc(C)cc2)/C(=N/OC)C1. The first-order valence-corrected chi connectivity index (χ1v) is 9.33. The first kappa shape index (κ1) is 18.4.